The van der Waals surface area contributed by atoms with Gasteiger partial charge in [0.2, 0.25) is 5.91 Å². The number of carboxylic acids is 1. The Balaban J connectivity index is 0.00000361. The molecule has 0 fully saturated rings. The number of rotatable bonds is 8. The van der Waals surface area contributed by atoms with Crippen molar-refractivity contribution in [2.24, 2.45) is 0 Å². The van der Waals surface area contributed by atoms with Gasteiger partial charge in [0, 0.05) is 18.0 Å². The van der Waals surface area contributed by atoms with Crippen molar-refractivity contribution in [1.29, 1.82) is 0 Å². The summed E-state index contributed by atoms with van der Waals surface area (Å²) in [5.74, 6) is -1.39. The van der Waals surface area contributed by atoms with Crippen molar-refractivity contribution < 1.29 is 14.7 Å². The zero-order valence-corrected chi connectivity index (χ0v) is 13.1. The fourth-order valence-corrected chi connectivity index (χ4v) is 2.59. The van der Waals surface area contributed by atoms with E-state index in [0.717, 1.165) is 4.88 Å². The van der Waals surface area contributed by atoms with Gasteiger partial charge in [-0.2, -0.15) is 0 Å². The van der Waals surface area contributed by atoms with Crippen molar-refractivity contribution >= 4 is 47.2 Å². The van der Waals surface area contributed by atoms with Gasteiger partial charge in [-0.15, -0.1) is 30.3 Å². The third kappa shape index (κ3) is 7.49. The summed E-state index contributed by atoms with van der Waals surface area (Å²) in [7, 11) is 0. The number of carbonyl (C=O) groups excluding carboxylic acids is 1. The molecule has 1 aromatic rings. The molecule has 0 spiro atoms. The van der Waals surface area contributed by atoms with Crippen LogP contribution in [0.2, 0.25) is 4.34 Å². The fraction of sp³-hybridized carbons (Fsp3) is 0.333. The zero-order valence-electron chi connectivity index (χ0n) is 10.7. The lowest BCUT2D eigenvalue weighted by Gasteiger charge is -2.18. The lowest BCUT2D eigenvalue weighted by molar-refractivity contribution is -0.138. The number of aliphatic carboxylic acids is 1. The van der Waals surface area contributed by atoms with Crippen LogP contribution in [0.15, 0.2) is 24.8 Å². The third-order valence-corrected chi connectivity index (χ3v) is 3.42. The first-order valence-corrected chi connectivity index (χ1v) is 6.76. The monoisotopic (exact) mass is 338 g/mol. The van der Waals surface area contributed by atoms with Gasteiger partial charge in [0.1, 0.15) is 6.54 Å². The van der Waals surface area contributed by atoms with Gasteiger partial charge in [0.05, 0.1) is 10.9 Å². The molecule has 0 radical (unpaired) electrons. The second-order valence-corrected chi connectivity index (χ2v) is 5.63. The maximum atomic E-state index is 11.6. The maximum absolute atomic E-state index is 11.6. The largest absolute Gasteiger partial charge is 0.480 e. The molecule has 0 aromatic carbocycles. The van der Waals surface area contributed by atoms with Crippen molar-refractivity contribution in [2.75, 3.05) is 19.6 Å². The SMILES string of the molecule is C=CCN(CC(=O)NCC(=O)O)Cc1ccc(Cl)s1.Cl. The number of carbonyl (C=O) groups is 2. The van der Waals surface area contributed by atoms with Crippen LogP contribution >= 0.6 is 35.3 Å². The van der Waals surface area contributed by atoms with Crippen LogP contribution < -0.4 is 5.32 Å². The molecular weight excluding hydrogens is 323 g/mol. The van der Waals surface area contributed by atoms with E-state index in [0.29, 0.717) is 17.4 Å². The molecule has 20 heavy (non-hydrogen) atoms. The number of nitrogens with one attached hydrogen (secondary N) is 1. The van der Waals surface area contributed by atoms with Crippen molar-refractivity contribution in [2.45, 2.75) is 6.54 Å². The van der Waals surface area contributed by atoms with Crippen LogP contribution in [0.3, 0.4) is 0 Å². The number of hydrogen-bond acceptors (Lipinski definition) is 4. The molecule has 8 heteroatoms. The minimum absolute atomic E-state index is 0. The molecule has 0 saturated heterocycles. The highest BCUT2D eigenvalue weighted by Gasteiger charge is 2.12. The van der Waals surface area contributed by atoms with Gasteiger partial charge in [0.25, 0.3) is 0 Å². The molecular formula is C12H16Cl2N2O3S. The first kappa shape index (κ1) is 18.9. The van der Waals surface area contributed by atoms with E-state index >= 15 is 0 Å². The highest BCUT2D eigenvalue weighted by atomic mass is 35.5. The van der Waals surface area contributed by atoms with Crippen LogP contribution in [-0.2, 0) is 16.1 Å². The number of nitrogens with zero attached hydrogens (tertiary/aromatic N) is 1. The van der Waals surface area contributed by atoms with E-state index in [-0.39, 0.29) is 31.4 Å². The van der Waals surface area contributed by atoms with Gasteiger partial charge in [-0.1, -0.05) is 17.7 Å². The average molecular weight is 339 g/mol. The third-order valence-electron chi connectivity index (χ3n) is 2.20. The number of halogens is 2. The lowest BCUT2D eigenvalue weighted by Crippen LogP contribution is -2.39. The fourth-order valence-electron chi connectivity index (χ4n) is 1.46. The van der Waals surface area contributed by atoms with Crippen LogP contribution in [0.1, 0.15) is 4.88 Å². The van der Waals surface area contributed by atoms with Gasteiger partial charge < -0.3 is 10.4 Å². The highest BCUT2D eigenvalue weighted by Crippen LogP contribution is 2.22. The minimum atomic E-state index is -1.06. The Morgan fingerprint density at radius 2 is 2.20 bits per heavy atom. The Labute approximate surface area is 132 Å². The number of thiophene rings is 1. The van der Waals surface area contributed by atoms with Gasteiger partial charge in [0.15, 0.2) is 0 Å². The summed E-state index contributed by atoms with van der Waals surface area (Å²) in [6.07, 6.45) is 1.69. The van der Waals surface area contributed by atoms with Crippen molar-refractivity contribution in [3.8, 4) is 0 Å². The molecule has 0 unspecified atom stereocenters. The summed E-state index contributed by atoms with van der Waals surface area (Å²) in [4.78, 5) is 24.8. The van der Waals surface area contributed by atoms with Crippen molar-refractivity contribution in [1.82, 2.24) is 10.2 Å². The Hall–Kier alpha value is -1.08. The number of carboxylic acid groups (broad SMARTS) is 1. The van der Waals surface area contributed by atoms with Crippen LogP contribution in [0.4, 0.5) is 0 Å². The molecule has 5 nitrogen and oxygen atoms in total. The quantitative estimate of drug-likeness (QED) is 0.711. The second-order valence-electron chi connectivity index (χ2n) is 3.83. The Kier molecular flexibility index (Phi) is 9.24. The first-order chi connectivity index (χ1) is 9.01. The van der Waals surface area contributed by atoms with Gasteiger partial charge >= 0.3 is 5.97 Å². The summed E-state index contributed by atoms with van der Waals surface area (Å²) < 4.78 is 0.698. The number of amides is 1. The van der Waals surface area contributed by atoms with E-state index in [1.165, 1.54) is 11.3 Å². The van der Waals surface area contributed by atoms with Crippen LogP contribution in [0.25, 0.3) is 0 Å². The number of hydrogen-bond donors (Lipinski definition) is 2. The molecule has 1 heterocycles. The van der Waals surface area contributed by atoms with Gasteiger partial charge in [-0.3, -0.25) is 14.5 Å². The topological polar surface area (TPSA) is 69.6 Å². The van der Waals surface area contributed by atoms with Crippen LogP contribution in [-0.4, -0.2) is 41.5 Å². The predicted molar refractivity (Wildman–Crippen MR) is 82.7 cm³/mol. The van der Waals surface area contributed by atoms with Gasteiger partial charge in [-0.05, 0) is 12.1 Å². The van der Waals surface area contributed by atoms with E-state index in [1.54, 1.807) is 12.1 Å². The Morgan fingerprint density at radius 1 is 1.50 bits per heavy atom. The molecule has 0 atom stereocenters. The van der Waals surface area contributed by atoms with E-state index in [1.807, 2.05) is 11.0 Å². The maximum Gasteiger partial charge on any atom is 0.322 e. The summed E-state index contributed by atoms with van der Waals surface area (Å²) >= 11 is 7.30. The minimum Gasteiger partial charge on any atom is -0.480 e. The van der Waals surface area contributed by atoms with E-state index < -0.39 is 5.97 Å². The van der Waals surface area contributed by atoms with E-state index in [4.69, 9.17) is 16.7 Å². The summed E-state index contributed by atoms with van der Waals surface area (Å²) in [5.41, 5.74) is 0. The molecule has 0 aliphatic carbocycles. The molecule has 2 N–H and O–H groups in total. The molecule has 0 aliphatic heterocycles. The summed E-state index contributed by atoms with van der Waals surface area (Å²) in [5, 5.41) is 10.8. The van der Waals surface area contributed by atoms with E-state index in [9.17, 15) is 9.59 Å². The normalized spacial score (nSPS) is 9.90. The second kappa shape index (κ2) is 9.77. The molecule has 0 aliphatic rings. The molecule has 1 aromatic heterocycles. The molecule has 112 valence electrons. The summed E-state index contributed by atoms with van der Waals surface area (Å²) in [6, 6.07) is 3.70. The van der Waals surface area contributed by atoms with Crippen molar-refractivity contribution in [3.05, 3.63) is 34.0 Å². The first-order valence-electron chi connectivity index (χ1n) is 5.57. The molecule has 0 saturated carbocycles. The smallest absolute Gasteiger partial charge is 0.322 e. The molecule has 1 rings (SSSR count). The van der Waals surface area contributed by atoms with Crippen molar-refractivity contribution in [3.63, 3.8) is 0 Å². The van der Waals surface area contributed by atoms with Gasteiger partial charge in [-0.25, -0.2) is 0 Å². The van der Waals surface area contributed by atoms with Crippen LogP contribution in [0, 0.1) is 0 Å². The lowest BCUT2D eigenvalue weighted by atomic mass is 10.3. The average Bonchev–Trinajstić information content (AvgIpc) is 2.72. The standard InChI is InChI=1S/C12H15ClN2O3S.ClH/c1-2-5-15(7-9-3-4-10(13)19-9)8-11(16)14-6-12(17)18;/h2-4H,1,5-8H2,(H,14,16)(H,17,18);1H. The Bertz CT molecular complexity index is 465. The Morgan fingerprint density at radius 3 is 2.70 bits per heavy atom. The predicted octanol–water partition coefficient (Wildman–Crippen LogP) is 2.01. The molecule has 0 bridgehead atoms. The van der Waals surface area contributed by atoms with Crippen LogP contribution in [0.5, 0.6) is 0 Å². The summed E-state index contributed by atoms with van der Waals surface area (Å²) in [6.45, 7) is 4.50. The molecule has 1 amide bonds. The highest BCUT2D eigenvalue weighted by molar-refractivity contribution is 7.16. The zero-order chi connectivity index (χ0) is 14.3. The van der Waals surface area contributed by atoms with E-state index in [2.05, 4.69) is 11.9 Å².